The first-order chi connectivity index (χ1) is 9.72. The Bertz CT molecular complexity index is 302. The van der Waals surface area contributed by atoms with Crippen LogP contribution >= 0.6 is 0 Å². The van der Waals surface area contributed by atoms with E-state index in [1.807, 2.05) is 0 Å². The van der Waals surface area contributed by atoms with Crippen molar-refractivity contribution in [2.45, 2.75) is 57.9 Å². The zero-order chi connectivity index (χ0) is 14.4. The normalized spacial score (nSPS) is 28.1. The molecule has 1 saturated carbocycles. The second-order valence-electron chi connectivity index (χ2n) is 6.38. The van der Waals surface area contributed by atoms with Crippen molar-refractivity contribution in [2.75, 3.05) is 26.3 Å². The molecule has 4 heteroatoms. The number of rotatable bonds is 7. The summed E-state index contributed by atoms with van der Waals surface area (Å²) in [4.78, 5) is 13.7. The van der Waals surface area contributed by atoms with E-state index in [9.17, 15) is 9.90 Å². The van der Waals surface area contributed by atoms with Gasteiger partial charge in [0.25, 0.3) is 0 Å². The lowest BCUT2D eigenvalue weighted by atomic mass is 9.86. The number of carboxylic acid groups (broad SMARTS) is 1. The molecule has 4 nitrogen and oxygen atoms in total. The number of aliphatic carboxylic acids is 1. The summed E-state index contributed by atoms with van der Waals surface area (Å²) in [6.45, 7) is 5.16. The predicted molar refractivity (Wildman–Crippen MR) is 78.8 cm³/mol. The molecule has 2 fully saturated rings. The summed E-state index contributed by atoms with van der Waals surface area (Å²) >= 11 is 0. The van der Waals surface area contributed by atoms with E-state index in [4.69, 9.17) is 4.74 Å². The first-order valence-electron chi connectivity index (χ1n) is 8.27. The van der Waals surface area contributed by atoms with E-state index in [0.717, 1.165) is 25.4 Å². The Labute approximate surface area is 122 Å². The topological polar surface area (TPSA) is 49.8 Å². The van der Waals surface area contributed by atoms with Crippen molar-refractivity contribution in [3.63, 3.8) is 0 Å². The Hall–Kier alpha value is -0.610. The second kappa shape index (κ2) is 7.99. The molecule has 1 saturated heterocycles. The van der Waals surface area contributed by atoms with Gasteiger partial charge < -0.3 is 9.84 Å². The molecule has 1 heterocycles. The summed E-state index contributed by atoms with van der Waals surface area (Å²) in [7, 11) is 0. The molecule has 20 heavy (non-hydrogen) atoms. The Balaban J connectivity index is 1.86. The monoisotopic (exact) mass is 283 g/mol. The van der Waals surface area contributed by atoms with Crippen LogP contribution < -0.4 is 0 Å². The molecular weight excluding hydrogens is 254 g/mol. The maximum absolute atomic E-state index is 11.3. The van der Waals surface area contributed by atoms with Gasteiger partial charge in [-0.15, -0.1) is 0 Å². The number of hydrogen-bond acceptors (Lipinski definition) is 3. The summed E-state index contributed by atoms with van der Waals surface area (Å²) in [5.74, 6) is -0.187. The largest absolute Gasteiger partial charge is 0.481 e. The molecule has 2 rings (SSSR count). The van der Waals surface area contributed by atoms with Crippen molar-refractivity contribution >= 4 is 5.97 Å². The van der Waals surface area contributed by atoms with E-state index in [2.05, 4.69) is 11.8 Å². The Morgan fingerprint density at radius 3 is 2.60 bits per heavy atom. The highest BCUT2D eigenvalue weighted by atomic mass is 16.5. The van der Waals surface area contributed by atoms with Crippen LogP contribution in [0, 0.1) is 11.8 Å². The van der Waals surface area contributed by atoms with E-state index in [-0.39, 0.29) is 12.0 Å². The standard InChI is InChI=1S/C16H29NO3/c1-2-9-17(10-8-13-6-4-3-5-7-13)15-12-20-11-14(15)16(18)19/h13-15H,2-12H2,1H3,(H,18,19). The maximum Gasteiger partial charge on any atom is 0.310 e. The summed E-state index contributed by atoms with van der Waals surface area (Å²) < 4.78 is 5.43. The minimum absolute atomic E-state index is 0.0797. The molecule has 0 radical (unpaired) electrons. The molecule has 1 N–H and O–H groups in total. The summed E-state index contributed by atoms with van der Waals surface area (Å²) in [5, 5.41) is 9.31. The number of hydrogen-bond donors (Lipinski definition) is 1. The van der Waals surface area contributed by atoms with Gasteiger partial charge in [0.1, 0.15) is 0 Å². The molecule has 0 aromatic heterocycles. The number of carboxylic acids is 1. The minimum Gasteiger partial charge on any atom is -0.481 e. The molecule has 0 aromatic carbocycles. The van der Waals surface area contributed by atoms with Gasteiger partial charge in [0, 0.05) is 6.04 Å². The first kappa shape index (κ1) is 15.8. The van der Waals surface area contributed by atoms with Crippen LogP contribution in [0.2, 0.25) is 0 Å². The molecule has 0 spiro atoms. The Kier molecular flexibility index (Phi) is 6.30. The third-order valence-corrected chi connectivity index (χ3v) is 4.90. The van der Waals surface area contributed by atoms with Gasteiger partial charge in [0.05, 0.1) is 19.1 Å². The molecule has 1 aliphatic heterocycles. The molecule has 0 amide bonds. The van der Waals surface area contributed by atoms with Crippen LogP contribution in [0.5, 0.6) is 0 Å². The lowest BCUT2D eigenvalue weighted by Crippen LogP contribution is -2.44. The van der Waals surface area contributed by atoms with Gasteiger partial charge in [0.2, 0.25) is 0 Å². The second-order valence-corrected chi connectivity index (χ2v) is 6.38. The van der Waals surface area contributed by atoms with Crippen LogP contribution in [-0.2, 0) is 9.53 Å². The van der Waals surface area contributed by atoms with Crippen molar-refractivity contribution in [1.82, 2.24) is 4.90 Å². The van der Waals surface area contributed by atoms with E-state index < -0.39 is 5.97 Å². The van der Waals surface area contributed by atoms with Crippen LogP contribution in [-0.4, -0.2) is 48.3 Å². The molecule has 0 bridgehead atoms. The number of nitrogens with zero attached hydrogens (tertiary/aromatic N) is 1. The predicted octanol–water partition coefficient (Wildman–Crippen LogP) is 2.77. The molecule has 2 atom stereocenters. The van der Waals surface area contributed by atoms with Crippen molar-refractivity contribution in [3.8, 4) is 0 Å². The molecule has 2 unspecified atom stereocenters. The van der Waals surface area contributed by atoms with E-state index in [1.54, 1.807) is 0 Å². The molecule has 1 aliphatic carbocycles. The molecular formula is C16H29NO3. The van der Waals surface area contributed by atoms with Gasteiger partial charge in [-0.1, -0.05) is 39.0 Å². The molecule has 2 aliphatic rings. The van der Waals surface area contributed by atoms with Gasteiger partial charge in [-0.2, -0.15) is 0 Å². The highest BCUT2D eigenvalue weighted by molar-refractivity contribution is 5.71. The summed E-state index contributed by atoms with van der Waals surface area (Å²) in [6.07, 6.45) is 9.18. The van der Waals surface area contributed by atoms with Gasteiger partial charge in [0.15, 0.2) is 0 Å². The zero-order valence-electron chi connectivity index (χ0n) is 12.7. The van der Waals surface area contributed by atoms with Crippen molar-refractivity contribution in [2.24, 2.45) is 11.8 Å². The Morgan fingerprint density at radius 2 is 1.95 bits per heavy atom. The fraction of sp³-hybridized carbons (Fsp3) is 0.938. The highest BCUT2D eigenvalue weighted by Crippen LogP contribution is 2.28. The number of ether oxygens (including phenoxy) is 1. The van der Waals surface area contributed by atoms with Gasteiger partial charge >= 0.3 is 5.97 Å². The Morgan fingerprint density at radius 1 is 1.20 bits per heavy atom. The first-order valence-corrected chi connectivity index (χ1v) is 8.27. The zero-order valence-corrected chi connectivity index (χ0v) is 12.7. The van der Waals surface area contributed by atoms with E-state index >= 15 is 0 Å². The summed E-state index contributed by atoms with van der Waals surface area (Å²) in [6, 6.07) is 0.0797. The summed E-state index contributed by atoms with van der Waals surface area (Å²) in [5.41, 5.74) is 0. The molecule has 116 valence electrons. The minimum atomic E-state index is -0.703. The average molecular weight is 283 g/mol. The van der Waals surface area contributed by atoms with Crippen molar-refractivity contribution < 1.29 is 14.6 Å². The molecule has 0 aromatic rings. The van der Waals surface area contributed by atoms with Crippen molar-refractivity contribution in [1.29, 1.82) is 0 Å². The third kappa shape index (κ3) is 4.19. The van der Waals surface area contributed by atoms with Crippen LogP contribution in [0.3, 0.4) is 0 Å². The van der Waals surface area contributed by atoms with Gasteiger partial charge in [-0.3, -0.25) is 9.69 Å². The van der Waals surface area contributed by atoms with Crippen LogP contribution in [0.25, 0.3) is 0 Å². The fourth-order valence-corrected chi connectivity index (χ4v) is 3.69. The van der Waals surface area contributed by atoms with Gasteiger partial charge in [-0.05, 0) is 31.8 Å². The fourth-order valence-electron chi connectivity index (χ4n) is 3.69. The van der Waals surface area contributed by atoms with Gasteiger partial charge in [-0.25, -0.2) is 0 Å². The van der Waals surface area contributed by atoms with Crippen LogP contribution in [0.1, 0.15) is 51.9 Å². The van der Waals surface area contributed by atoms with Crippen LogP contribution in [0.15, 0.2) is 0 Å². The SMILES string of the molecule is CCCN(CCC1CCCCC1)C1COCC1C(=O)O. The number of carbonyl (C=O) groups is 1. The quantitative estimate of drug-likeness (QED) is 0.780. The average Bonchev–Trinajstić information content (AvgIpc) is 2.94. The maximum atomic E-state index is 11.3. The third-order valence-electron chi connectivity index (χ3n) is 4.90. The highest BCUT2D eigenvalue weighted by Gasteiger charge is 2.37. The smallest absolute Gasteiger partial charge is 0.310 e. The van der Waals surface area contributed by atoms with E-state index in [0.29, 0.717) is 13.2 Å². The lowest BCUT2D eigenvalue weighted by Gasteiger charge is -2.32. The lowest BCUT2D eigenvalue weighted by molar-refractivity contribution is -0.143. The van der Waals surface area contributed by atoms with Crippen LogP contribution in [0.4, 0.5) is 0 Å². The van der Waals surface area contributed by atoms with E-state index in [1.165, 1.54) is 38.5 Å². The van der Waals surface area contributed by atoms with Crippen molar-refractivity contribution in [3.05, 3.63) is 0 Å².